The molecule has 0 radical (unpaired) electrons. The number of hydrogen-bond donors (Lipinski definition) is 0. The van der Waals surface area contributed by atoms with E-state index >= 15 is 0 Å². The van der Waals surface area contributed by atoms with E-state index in [1.54, 1.807) is 30.3 Å². The maximum absolute atomic E-state index is 12.5. The smallest absolute Gasteiger partial charge is 0.325 e. The second-order valence-electron chi connectivity index (χ2n) is 6.24. The van der Waals surface area contributed by atoms with E-state index in [-0.39, 0.29) is 17.2 Å². The number of nitro benzene ring substituents is 1. The Hall–Kier alpha value is -3.18. The molecule has 3 rings (SSSR count). The molecule has 2 aromatic carbocycles. The number of nitrogens with zero attached hydrogens (tertiary/aromatic N) is 2. The lowest BCUT2D eigenvalue weighted by Gasteiger charge is -2.11. The minimum absolute atomic E-state index is 0.0178. The highest BCUT2D eigenvalue weighted by Gasteiger charge is 2.36. The zero-order valence-electron chi connectivity index (χ0n) is 16.1. The summed E-state index contributed by atoms with van der Waals surface area (Å²) in [6.45, 7) is -0.315. The molecule has 0 atom stereocenters. The Bertz CT molecular complexity index is 1090. The van der Waals surface area contributed by atoms with Gasteiger partial charge in [0.1, 0.15) is 18.9 Å². The first-order chi connectivity index (χ1) is 14.8. The van der Waals surface area contributed by atoms with E-state index in [9.17, 15) is 24.5 Å². The van der Waals surface area contributed by atoms with E-state index in [4.69, 9.17) is 4.74 Å². The van der Waals surface area contributed by atoms with E-state index in [1.165, 1.54) is 25.3 Å². The minimum atomic E-state index is -0.696. The molecule has 0 spiro atoms. The molecule has 11 heteroatoms. The number of benzene rings is 2. The van der Waals surface area contributed by atoms with Crippen molar-refractivity contribution in [3.05, 3.63) is 73.1 Å². The van der Waals surface area contributed by atoms with Crippen molar-refractivity contribution in [2.24, 2.45) is 0 Å². The van der Waals surface area contributed by atoms with Crippen molar-refractivity contribution in [3.8, 4) is 5.75 Å². The number of amides is 2. The maximum Gasteiger partial charge on any atom is 0.325 e. The number of carbonyl (C=O) groups is 3. The molecule has 1 heterocycles. The SMILES string of the molecule is COC(=O)CN1C(=O)S/C(=C\c2cc(Br)ccc2OCc2ccc([N+](=O)[O-])cc2)C1=O. The van der Waals surface area contributed by atoms with Crippen molar-refractivity contribution in [3.63, 3.8) is 0 Å². The summed E-state index contributed by atoms with van der Waals surface area (Å²) in [6.07, 6.45) is 1.51. The Morgan fingerprint density at radius 3 is 2.58 bits per heavy atom. The fourth-order valence-electron chi connectivity index (χ4n) is 2.61. The van der Waals surface area contributed by atoms with Gasteiger partial charge in [0.05, 0.1) is 16.9 Å². The van der Waals surface area contributed by atoms with Crippen LogP contribution in [0.5, 0.6) is 5.75 Å². The van der Waals surface area contributed by atoms with E-state index in [2.05, 4.69) is 20.7 Å². The van der Waals surface area contributed by atoms with Crippen LogP contribution in [0, 0.1) is 10.1 Å². The lowest BCUT2D eigenvalue weighted by Crippen LogP contribution is -2.34. The molecule has 2 amide bonds. The molecule has 0 aliphatic carbocycles. The predicted octanol–water partition coefficient (Wildman–Crippen LogP) is 4.15. The normalized spacial score (nSPS) is 14.8. The molecule has 0 bridgehead atoms. The first kappa shape index (κ1) is 22.5. The van der Waals surface area contributed by atoms with E-state index in [0.717, 1.165) is 26.7 Å². The van der Waals surface area contributed by atoms with Crippen molar-refractivity contribution in [2.75, 3.05) is 13.7 Å². The number of halogens is 1. The molecule has 0 unspecified atom stereocenters. The van der Waals surface area contributed by atoms with Crippen molar-refractivity contribution >= 4 is 56.6 Å². The van der Waals surface area contributed by atoms with Crippen LogP contribution in [0.1, 0.15) is 11.1 Å². The number of carbonyl (C=O) groups excluding carboxylic acids is 3. The molecular formula is C20H15BrN2O7S. The van der Waals surface area contributed by atoms with Gasteiger partial charge in [-0.15, -0.1) is 0 Å². The number of thioether (sulfide) groups is 1. The summed E-state index contributed by atoms with van der Waals surface area (Å²) in [6, 6.07) is 11.1. The van der Waals surface area contributed by atoms with Crippen LogP contribution in [0.2, 0.25) is 0 Å². The zero-order valence-corrected chi connectivity index (χ0v) is 18.5. The van der Waals surface area contributed by atoms with E-state index in [0.29, 0.717) is 11.3 Å². The molecule has 1 fully saturated rings. The Kier molecular flexibility index (Phi) is 7.08. The largest absolute Gasteiger partial charge is 0.488 e. The average Bonchev–Trinajstić information content (AvgIpc) is 3.00. The van der Waals surface area contributed by atoms with Crippen molar-refractivity contribution in [1.29, 1.82) is 0 Å². The molecule has 160 valence electrons. The molecule has 0 saturated carbocycles. The zero-order chi connectivity index (χ0) is 22.5. The standard InChI is InChI=1S/C20H15BrN2O7S/c1-29-18(24)10-22-19(25)17(31-20(22)26)9-13-8-14(21)4-7-16(13)30-11-12-2-5-15(6-3-12)23(27)28/h2-9H,10-11H2,1H3/b17-9-. The third-order valence-electron chi connectivity index (χ3n) is 4.19. The van der Waals surface area contributed by atoms with Gasteiger partial charge in [-0.3, -0.25) is 29.4 Å². The maximum atomic E-state index is 12.5. The Labute approximate surface area is 189 Å². The van der Waals surface area contributed by atoms with Crippen LogP contribution in [-0.2, 0) is 20.9 Å². The van der Waals surface area contributed by atoms with Crippen molar-refractivity contribution < 1.29 is 28.8 Å². The van der Waals surface area contributed by atoms with Gasteiger partial charge in [0.15, 0.2) is 0 Å². The van der Waals surface area contributed by atoms with Crippen LogP contribution in [0.4, 0.5) is 10.5 Å². The van der Waals surface area contributed by atoms with Gasteiger partial charge in [-0.05, 0) is 53.7 Å². The molecule has 9 nitrogen and oxygen atoms in total. The second kappa shape index (κ2) is 9.75. The van der Waals surface area contributed by atoms with Crippen LogP contribution in [0.3, 0.4) is 0 Å². The van der Waals surface area contributed by atoms with Crippen molar-refractivity contribution in [2.45, 2.75) is 6.61 Å². The quantitative estimate of drug-likeness (QED) is 0.238. The van der Waals surface area contributed by atoms with Crippen molar-refractivity contribution in [1.82, 2.24) is 4.90 Å². The van der Waals surface area contributed by atoms with Gasteiger partial charge in [0, 0.05) is 22.2 Å². The minimum Gasteiger partial charge on any atom is -0.488 e. The molecule has 31 heavy (non-hydrogen) atoms. The molecule has 1 saturated heterocycles. The highest BCUT2D eigenvalue weighted by Crippen LogP contribution is 2.35. The molecule has 0 aromatic heterocycles. The van der Waals surface area contributed by atoms with Crippen LogP contribution < -0.4 is 4.74 Å². The predicted molar refractivity (Wildman–Crippen MR) is 116 cm³/mol. The van der Waals surface area contributed by atoms with Crippen LogP contribution in [-0.4, -0.2) is 40.6 Å². The van der Waals surface area contributed by atoms with Gasteiger partial charge >= 0.3 is 5.97 Å². The third-order valence-corrected chi connectivity index (χ3v) is 5.59. The number of imide groups is 1. The van der Waals surface area contributed by atoms with E-state index < -0.39 is 28.6 Å². The highest BCUT2D eigenvalue weighted by atomic mass is 79.9. The molecule has 1 aliphatic heterocycles. The summed E-state index contributed by atoms with van der Waals surface area (Å²) in [7, 11) is 1.17. The first-order valence-corrected chi connectivity index (χ1v) is 10.4. The number of non-ortho nitro benzene ring substituents is 1. The van der Waals surface area contributed by atoms with Crippen LogP contribution in [0.25, 0.3) is 6.08 Å². The lowest BCUT2D eigenvalue weighted by molar-refractivity contribution is -0.384. The van der Waals surface area contributed by atoms with Crippen LogP contribution in [0.15, 0.2) is 51.8 Å². The number of esters is 1. The number of ether oxygens (including phenoxy) is 2. The number of nitro groups is 1. The number of hydrogen-bond acceptors (Lipinski definition) is 8. The topological polar surface area (TPSA) is 116 Å². The number of rotatable bonds is 7. The summed E-state index contributed by atoms with van der Waals surface area (Å²) in [5.41, 5.74) is 1.24. The average molecular weight is 507 g/mol. The van der Waals surface area contributed by atoms with Gasteiger partial charge < -0.3 is 9.47 Å². The molecule has 2 aromatic rings. The monoisotopic (exact) mass is 506 g/mol. The summed E-state index contributed by atoms with van der Waals surface area (Å²) in [5, 5.41) is 10.2. The summed E-state index contributed by atoms with van der Waals surface area (Å²) in [4.78, 5) is 47.3. The first-order valence-electron chi connectivity index (χ1n) is 8.76. The summed E-state index contributed by atoms with van der Waals surface area (Å²) in [5.74, 6) is -0.846. The third kappa shape index (κ3) is 5.50. The van der Waals surface area contributed by atoms with Gasteiger partial charge in [0.25, 0.3) is 16.8 Å². The van der Waals surface area contributed by atoms with Gasteiger partial charge in [-0.1, -0.05) is 15.9 Å². The fourth-order valence-corrected chi connectivity index (χ4v) is 3.82. The Morgan fingerprint density at radius 2 is 1.94 bits per heavy atom. The summed E-state index contributed by atoms with van der Waals surface area (Å²) < 4.78 is 11.1. The van der Waals surface area contributed by atoms with Gasteiger partial charge in [0.2, 0.25) is 0 Å². The molecule has 1 aliphatic rings. The van der Waals surface area contributed by atoms with Gasteiger partial charge in [-0.25, -0.2) is 0 Å². The Balaban J connectivity index is 1.80. The number of methoxy groups -OCH3 is 1. The highest BCUT2D eigenvalue weighted by molar-refractivity contribution is 9.10. The molecule has 0 N–H and O–H groups in total. The summed E-state index contributed by atoms with van der Waals surface area (Å²) >= 11 is 4.08. The Morgan fingerprint density at radius 1 is 1.23 bits per heavy atom. The van der Waals surface area contributed by atoms with Crippen LogP contribution >= 0.6 is 27.7 Å². The fraction of sp³-hybridized carbons (Fsp3) is 0.150. The lowest BCUT2D eigenvalue weighted by atomic mass is 10.1. The molecular weight excluding hydrogens is 492 g/mol. The van der Waals surface area contributed by atoms with Gasteiger partial charge in [-0.2, -0.15) is 0 Å². The van der Waals surface area contributed by atoms with E-state index in [1.807, 2.05) is 0 Å². The second-order valence-corrected chi connectivity index (χ2v) is 8.15.